The Morgan fingerprint density at radius 2 is 1.62 bits per heavy atom. The van der Waals surface area contributed by atoms with Crippen LogP contribution >= 0.6 is 0 Å². The summed E-state index contributed by atoms with van der Waals surface area (Å²) in [5.74, 6) is -3.78. The Morgan fingerprint density at radius 3 is 2.10 bits per heavy atom. The molecule has 0 unspecified atom stereocenters. The molecular formula is C16H26O13. The van der Waals surface area contributed by atoms with Gasteiger partial charge in [-0.25, -0.2) is 0 Å². The second-order valence-electron chi connectivity index (χ2n) is 6.76. The van der Waals surface area contributed by atoms with E-state index in [1.54, 1.807) is 0 Å². The number of esters is 2. The topological polar surface area (TPSA) is 202 Å². The van der Waals surface area contributed by atoms with Gasteiger partial charge in [-0.15, -0.1) is 0 Å². The van der Waals surface area contributed by atoms with Crippen LogP contribution in [-0.4, -0.2) is 117 Å². The zero-order valence-corrected chi connectivity index (χ0v) is 15.8. The lowest BCUT2D eigenvalue weighted by Crippen LogP contribution is -2.63. The van der Waals surface area contributed by atoms with Crippen molar-refractivity contribution in [2.24, 2.45) is 0 Å². The first-order chi connectivity index (χ1) is 13.6. The second kappa shape index (κ2) is 9.59. The molecule has 2 rings (SSSR count). The van der Waals surface area contributed by atoms with Crippen molar-refractivity contribution >= 4 is 11.9 Å². The van der Waals surface area contributed by atoms with Crippen molar-refractivity contribution in [3.63, 3.8) is 0 Å². The molecule has 0 aromatic rings. The van der Waals surface area contributed by atoms with Crippen LogP contribution in [-0.2, 0) is 33.3 Å². The van der Waals surface area contributed by atoms with Gasteiger partial charge in [0.05, 0.1) is 6.61 Å². The van der Waals surface area contributed by atoms with Gasteiger partial charge >= 0.3 is 11.9 Å². The molecule has 0 aromatic heterocycles. The van der Waals surface area contributed by atoms with E-state index in [-0.39, 0.29) is 0 Å². The van der Waals surface area contributed by atoms with E-state index in [4.69, 9.17) is 23.7 Å². The predicted molar refractivity (Wildman–Crippen MR) is 87.7 cm³/mol. The number of hydrogen-bond acceptors (Lipinski definition) is 13. The van der Waals surface area contributed by atoms with E-state index < -0.39 is 86.6 Å². The summed E-state index contributed by atoms with van der Waals surface area (Å²) in [7, 11) is 0. The lowest BCUT2D eigenvalue weighted by atomic mass is 9.98. The van der Waals surface area contributed by atoms with Gasteiger partial charge < -0.3 is 54.3 Å². The summed E-state index contributed by atoms with van der Waals surface area (Å²) in [5.41, 5.74) is 0. The zero-order chi connectivity index (χ0) is 21.9. The van der Waals surface area contributed by atoms with Crippen molar-refractivity contribution < 1.29 is 63.9 Å². The fourth-order valence-electron chi connectivity index (χ4n) is 3.14. The SMILES string of the molecule is CC(=O)OC[C@H]1O[C@H](O[C@]2(CO)O[C@H](CO)[C@@H](O)[C@@H]2O)[C@H](O)[C@@H](O)[C@@H]1OC(C)=O. The zero-order valence-electron chi connectivity index (χ0n) is 15.8. The molecule has 0 amide bonds. The molecular weight excluding hydrogens is 400 g/mol. The summed E-state index contributed by atoms with van der Waals surface area (Å²) in [6.07, 6.45) is -12.8. The predicted octanol–water partition coefficient (Wildman–Crippen LogP) is -4.25. The minimum atomic E-state index is -2.29. The number of aliphatic hydroxyl groups is 6. The van der Waals surface area contributed by atoms with Gasteiger partial charge in [0, 0.05) is 13.8 Å². The quantitative estimate of drug-likeness (QED) is 0.214. The molecule has 2 aliphatic rings. The van der Waals surface area contributed by atoms with Gasteiger partial charge in [0.15, 0.2) is 12.4 Å². The Hall–Kier alpha value is -1.42. The fourth-order valence-corrected chi connectivity index (χ4v) is 3.14. The summed E-state index contributed by atoms with van der Waals surface area (Å²) in [6.45, 7) is -0.0162. The number of carbonyl (C=O) groups is 2. The maximum atomic E-state index is 11.3. The smallest absolute Gasteiger partial charge is 0.303 e. The summed E-state index contributed by atoms with van der Waals surface area (Å²) >= 11 is 0. The van der Waals surface area contributed by atoms with Crippen molar-refractivity contribution in [2.45, 2.75) is 68.7 Å². The van der Waals surface area contributed by atoms with Gasteiger partial charge in [0.2, 0.25) is 5.79 Å². The second-order valence-corrected chi connectivity index (χ2v) is 6.76. The van der Waals surface area contributed by atoms with Crippen LogP contribution < -0.4 is 0 Å². The Kier molecular flexibility index (Phi) is 7.89. The molecule has 13 heteroatoms. The third-order valence-corrected chi connectivity index (χ3v) is 4.62. The Bertz CT molecular complexity index is 585. The number of aliphatic hydroxyl groups excluding tert-OH is 6. The highest BCUT2D eigenvalue weighted by Crippen LogP contribution is 2.36. The maximum absolute atomic E-state index is 11.3. The van der Waals surface area contributed by atoms with Crippen LogP contribution in [0.1, 0.15) is 13.8 Å². The highest BCUT2D eigenvalue weighted by atomic mass is 16.8. The van der Waals surface area contributed by atoms with E-state index in [0.717, 1.165) is 13.8 Å². The van der Waals surface area contributed by atoms with Gasteiger partial charge in [-0.05, 0) is 0 Å². The van der Waals surface area contributed by atoms with E-state index in [0.29, 0.717) is 0 Å². The lowest BCUT2D eigenvalue weighted by molar-refractivity contribution is -0.383. The first-order valence-corrected chi connectivity index (χ1v) is 8.82. The Balaban J connectivity index is 2.23. The molecule has 0 aromatic carbocycles. The first kappa shape index (κ1) is 23.9. The van der Waals surface area contributed by atoms with Crippen LogP contribution in [0.5, 0.6) is 0 Å². The molecule has 6 N–H and O–H groups in total. The molecule has 2 saturated heterocycles. The van der Waals surface area contributed by atoms with E-state index in [2.05, 4.69) is 0 Å². The third-order valence-electron chi connectivity index (χ3n) is 4.62. The van der Waals surface area contributed by atoms with Crippen molar-refractivity contribution in [3.05, 3.63) is 0 Å². The molecule has 9 atom stereocenters. The minimum Gasteiger partial charge on any atom is -0.463 e. The normalized spacial score (nSPS) is 42.5. The van der Waals surface area contributed by atoms with Gasteiger partial charge in [-0.2, -0.15) is 0 Å². The number of hydrogen-bond donors (Lipinski definition) is 6. The molecule has 2 fully saturated rings. The number of carbonyl (C=O) groups excluding carboxylic acids is 2. The van der Waals surface area contributed by atoms with Crippen LogP contribution in [0.15, 0.2) is 0 Å². The van der Waals surface area contributed by atoms with Gasteiger partial charge in [0.25, 0.3) is 0 Å². The maximum Gasteiger partial charge on any atom is 0.303 e. The van der Waals surface area contributed by atoms with Crippen LogP contribution in [0.25, 0.3) is 0 Å². The standard InChI is InChI=1S/C16H26O13/c1-6(19)25-4-9-13(26-7(2)20)11(22)12(23)15(27-9)29-16(5-18)14(24)10(21)8(3-17)28-16/h8-15,17-18,21-24H,3-5H2,1-2H3/t8-,9-,10-,11-,12-,13-,14+,15-,16+/m1/s1. The summed E-state index contributed by atoms with van der Waals surface area (Å²) < 4.78 is 25.8. The highest BCUT2D eigenvalue weighted by Gasteiger charge is 2.58. The molecule has 2 aliphatic heterocycles. The monoisotopic (exact) mass is 426 g/mol. The molecule has 0 saturated carbocycles. The highest BCUT2D eigenvalue weighted by molar-refractivity contribution is 5.66. The average Bonchev–Trinajstić information content (AvgIpc) is 2.91. The minimum absolute atomic E-state index is 0.478. The van der Waals surface area contributed by atoms with Crippen molar-refractivity contribution in [2.75, 3.05) is 19.8 Å². The first-order valence-electron chi connectivity index (χ1n) is 8.82. The summed E-state index contributed by atoms with van der Waals surface area (Å²) in [5, 5.41) is 59.7. The largest absolute Gasteiger partial charge is 0.463 e. The van der Waals surface area contributed by atoms with Crippen LogP contribution in [0, 0.1) is 0 Å². The van der Waals surface area contributed by atoms with E-state index in [1.807, 2.05) is 0 Å². The van der Waals surface area contributed by atoms with Gasteiger partial charge in [-0.1, -0.05) is 0 Å². The van der Waals surface area contributed by atoms with E-state index in [1.165, 1.54) is 0 Å². The lowest BCUT2D eigenvalue weighted by Gasteiger charge is -2.44. The van der Waals surface area contributed by atoms with Crippen LogP contribution in [0.4, 0.5) is 0 Å². The summed E-state index contributed by atoms with van der Waals surface area (Å²) in [4.78, 5) is 22.4. The molecule has 0 bridgehead atoms. The van der Waals surface area contributed by atoms with Crippen LogP contribution in [0.2, 0.25) is 0 Å². The average molecular weight is 426 g/mol. The van der Waals surface area contributed by atoms with Crippen molar-refractivity contribution in [3.8, 4) is 0 Å². The molecule has 0 spiro atoms. The van der Waals surface area contributed by atoms with Gasteiger partial charge in [0.1, 0.15) is 49.8 Å². The van der Waals surface area contributed by atoms with Crippen molar-refractivity contribution in [1.29, 1.82) is 0 Å². The van der Waals surface area contributed by atoms with Gasteiger partial charge in [-0.3, -0.25) is 9.59 Å². The summed E-state index contributed by atoms with van der Waals surface area (Å²) in [6, 6.07) is 0. The molecule has 0 radical (unpaired) electrons. The number of ether oxygens (including phenoxy) is 5. The fraction of sp³-hybridized carbons (Fsp3) is 0.875. The molecule has 29 heavy (non-hydrogen) atoms. The molecule has 13 nitrogen and oxygen atoms in total. The number of rotatable bonds is 7. The molecule has 168 valence electrons. The molecule has 0 aliphatic carbocycles. The molecule has 2 heterocycles. The van der Waals surface area contributed by atoms with Crippen molar-refractivity contribution in [1.82, 2.24) is 0 Å². The van der Waals surface area contributed by atoms with E-state index in [9.17, 15) is 40.2 Å². The third kappa shape index (κ3) is 5.02. The Morgan fingerprint density at radius 1 is 0.966 bits per heavy atom. The Labute approximate surface area is 165 Å². The van der Waals surface area contributed by atoms with E-state index >= 15 is 0 Å². The van der Waals surface area contributed by atoms with Crippen LogP contribution in [0.3, 0.4) is 0 Å².